The van der Waals surface area contributed by atoms with Crippen molar-refractivity contribution in [2.75, 3.05) is 6.54 Å². The van der Waals surface area contributed by atoms with Crippen LogP contribution in [0.3, 0.4) is 0 Å². The van der Waals surface area contributed by atoms with Crippen molar-refractivity contribution in [2.24, 2.45) is 0 Å². The Labute approximate surface area is 86.0 Å². The summed E-state index contributed by atoms with van der Waals surface area (Å²) in [5.41, 5.74) is -0.582. The summed E-state index contributed by atoms with van der Waals surface area (Å²) in [6.45, 7) is 8.22. The van der Waals surface area contributed by atoms with E-state index in [1.807, 2.05) is 0 Å². The molecule has 5 nitrogen and oxygen atoms in total. The molecule has 0 saturated heterocycles. The quantitative estimate of drug-likeness (QED) is 0.532. The van der Waals surface area contributed by atoms with E-state index in [4.69, 9.17) is 0 Å². The molecule has 0 radical (unpaired) electrons. The van der Waals surface area contributed by atoms with Gasteiger partial charge in [-0.3, -0.25) is 8.98 Å². The highest BCUT2D eigenvalue weighted by Crippen LogP contribution is 2.08. The molecule has 0 aromatic heterocycles. The molecule has 0 aliphatic rings. The maximum absolute atomic E-state index is 11.1. The molecule has 82 valence electrons. The van der Waals surface area contributed by atoms with Gasteiger partial charge in [0, 0.05) is 12.1 Å². The van der Waals surface area contributed by atoms with E-state index >= 15 is 0 Å². The van der Waals surface area contributed by atoms with Gasteiger partial charge in [0.2, 0.25) is 5.91 Å². The highest BCUT2D eigenvalue weighted by Gasteiger charge is 2.20. The lowest BCUT2D eigenvalue weighted by atomic mass is 10.1. The summed E-state index contributed by atoms with van der Waals surface area (Å²) >= 11 is -2.58. The molecule has 1 unspecified atom stereocenters. The smallest absolute Gasteiger partial charge is 0.246 e. The number of nitrogens with one attached hydrogen (secondary N) is 1. The molecular weight excluding hydrogens is 206 g/mol. The lowest BCUT2D eigenvalue weighted by Crippen LogP contribution is -2.41. The van der Waals surface area contributed by atoms with Crippen molar-refractivity contribution >= 4 is 17.3 Å². The fraction of sp³-hybridized carbons (Fsp3) is 0.625. The van der Waals surface area contributed by atoms with Crippen LogP contribution in [0.2, 0.25) is 0 Å². The van der Waals surface area contributed by atoms with Crippen molar-refractivity contribution in [1.29, 1.82) is 0 Å². The number of carbonyl (C=O) groups excluding carboxylic acids is 1. The maximum atomic E-state index is 11.1. The first-order chi connectivity index (χ1) is 6.24. The minimum Gasteiger partial charge on any atom is -0.750 e. The Bertz CT molecular complexity index is 262. The van der Waals surface area contributed by atoms with Gasteiger partial charge in [-0.05, 0) is 20.8 Å². The van der Waals surface area contributed by atoms with Crippen LogP contribution in [0.25, 0.3) is 0 Å². The highest BCUT2D eigenvalue weighted by molar-refractivity contribution is 7.74. The van der Waals surface area contributed by atoms with Crippen LogP contribution >= 0.6 is 0 Å². The second-order valence-electron chi connectivity index (χ2n) is 3.51. The Hall–Kier alpha value is -0.720. The third-order valence-electron chi connectivity index (χ3n) is 1.36. The summed E-state index contributed by atoms with van der Waals surface area (Å²) < 4.78 is 25.0. The van der Waals surface area contributed by atoms with Crippen molar-refractivity contribution in [3.8, 4) is 0 Å². The molecule has 0 heterocycles. The normalized spacial score (nSPS) is 13.4. The van der Waals surface area contributed by atoms with Crippen LogP contribution in [0.5, 0.6) is 0 Å². The monoisotopic (exact) mass is 220 g/mol. The number of rotatable bonds is 5. The zero-order chi connectivity index (χ0) is 11.4. The van der Waals surface area contributed by atoms with Gasteiger partial charge >= 0.3 is 0 Å². The van der Waals surface area contributed by atoms with Crippen LogP contribution < -0.4 is 5.32 Å². The molecule has 0 aliphatic heterocycles. The van der Waals surface area contributed by atoms with Gasteiger partial charge < -0.3 is 9.87 Å². The topological polar surface area (TPSA) is 78.5 Å². The highest BCUT2D eigenvalue weighted by atomic mass is 32.2. The molecule has 0 saturated carbocycles. The Balaban J connectivity index is 4.05. The van der Waals surface area contributed by atoms with E-state index in [-0.39, 0.29) is 12.5 Å². The van der Waals surface area contributed by atoms with Crippen molar-refractivity contribution < 1.29 is 17.7 Å². The van der Waals surface area contributed by atoms with Crippen LogP contribution in [0.15, 0.2) is 12.2 Å². The third-order valence-corrected chi connectivity index (χ3v) is 1.94. The lowest BCUT2D eigenvalue weighted by Gasteiger charge is -2.25. The predicted molar refractivity (Wildman–Crippen MR) is 51.9 cm³/mol. The van der Waals surface area contributed by atoms with E-state index in [1.54, 1.807) is 20.8 Å². The molecule has 1 amide bonds. The molecule has 0 spiro atoms. The summed E-state index contributed by atoms with van der Waals surface area (Å²) in [4.78, 5) is 11.1. The number of hydrogen-bond donors (Lipinski definition) is 1. The fourth-order valence-corrected chi connectivity index (χ4v) is 1.09. The Morgan fingerprint density at radius 3 is 2.50 bits per heavy atom. The van der Waals surface area contributed by atoms with Crippen LogP contribution in [0.1, 0.15) is 20.8 Å². The molecule has 0 bridgehead atoms. The minimum absolute atomic E-state index is 0.104. The fourth-order valence-electron chi connectivity index (χ4n) is 0.658. The Morgan fingerprint density at radius 2 is 2.14 bits per heavy atom. The van der Waals surface area contributed by atoms with Gasteiger partial charge in [-0.25, -0.2) is 4.21 Å². The van der Waals surface area contributed by atoms with Gasteiger partial charge in [0.25, 0.3) is 0 Å². The summed E-state index contributed by atoms with van der Waals surface area (Å²) in [6.07, 6.45) is 0. The van der Waals surface area contributed by atoms with Crippen LogP contribution in [0, 0.1) is 0 Å². The second-order valence-corrected chi connectivity index (χ2v) is 4.09. The predicted octanol–water partition coefficient (Wildman–Crippen LogP) is 0.268. The minimum atomic E-state index is -2.58. The van der Waals surface area contributed by atoms with Gasteiger partial charge in [0.05, 0.1) is 17.0 Å². The first kappa shape index (κ1) is 13.3. The number of hydrogen-bond acceptors (Lipinski definition) is 4. The van der Waals surface area contributed by atoms with Gasteiger partial charge in [-0.2, -0.15) is 0 Å². The Kier molecular flexibility index (Phi) is 4.96. The SMILES string of the molecule is C=C(C)C(=O)NCC(C)(C)OS(=O)[O-]. The van der Waals surface area contributed by atoms with Crippen LogP contribution in [-0.4, -0.2) is 26.8 Å². The molecule has 14 heavy (non-hydrogen) atoms. The van der Waals surface area contributed by atoms with E-state index in [2.05, 4.69) is 16.1 Å². The molecule has 0 aliphatic carbocycles. The molecule has 1 N–H and O–H groups in total. The average Bonchev–Trinajstić information content (AvgIpc) is 1.97. The first-order valence-electron chi connectivity index (χ1n) is 3.97. The van der Waals surface area contributed by atoms with Crippen LogP contribution in [-0.2, 0) is 20.3 Å². The largest absolute Gasteiger partial charge is 0.750 e. The van der Waals surface area contributed by atoms with E-state index in [0.29, 0.717) is 5.57 Å². The zero-order valence-corrected chi connectivity index (χ0v) is 9.27. The van der Waals surface area contributed by atoms with Crippen molar-refractivity contribution in [3.63, 3.8) is 0 Å². The van der Waals surface area contributed by atoms with E-state index in [1.165, 1.54) is 0 Å². The van der Waals surface area contributed by atoms with E-state index < -0.39 is 17.0 Å². The Morgan fingerprint density at radius 1 is 1.64 bits per heavy atom. The lowest BCUT2D eigenvalue weighted by molar-refractivity contribution is -0.118. The zero-order valence-electron chi connectivity index (χ0n) is 8.46. The summed E-state index contributed by atoms with van der Waals surface area (Å²) in [5, 5.41) is 2.49. The van der Waals surface area contributed by atoms with E-state index in [9.17, 15) is 13.6 Å². The van der Waals surface area contributed by atoms with E-state index in [0.717, 1.165) is 0 Å². The van der Waals surface area contributed by atoms with Crippen LogP contribution in [0.4, 0.5) is 0 Å². The van der Waals surface area contributed by atoms with Gasteiger partial charge in [-0.1, -0.05) is 6.58 Å². The summed E-state index contributed by atoms with van der Waals surface area (Å²) in [7, 11) is 0. The van der Waals surface area contributed by atoms with Crippen molar-refractivity contribution in [2.45, 2.75) is 26.4 Å². The number of carbonyl (C=O) groups is 1. The van der Waals surface area contributed by atoms with Crippen molar-refractivity contribution in [3.05, 3.63) is 12.2 Å². The molecule has 0 aromatic carbocycles. The van der Waals surface area contributed by atoms with Gasteiger partial charge in [0.15, 0.2) is 0 Å². The molecule has 0 aromatic rings. The number of amides is 1. The molecule has 6 heteroatoms. The molecule has 0 fully saturated rings. The summed E-state index contributed by atoms with van der Waals surface area (Å²) in [5.74, 6) is -0.321. The summed E-state index contributed by atoms with van der Waals surface area (Å²) in [6, 6.07) is 0. The first-order valence-corrected chi connectivity index (χ1v) is 4.97. The molecule has 1 atom stereocenters. The average molecular weight is 220 g/mol. The molecular formula is C8H14NO4S-. The third kappa shape index (κ3) is 5.85. The van der Waals surface area contributed by atoms with Crippen molar-refractivity contribution in [1.82, 2.24) is 5.32 Å². The standard InChI is InChI=1S/C8H15NO4S/c1-6(2)7(10)9-5-8(3,4)13-14(11)12/h1,5H2,2-4H3,(H,9,10)(H,11,12)/p-1. The van der Waals surface area contributed by atoms with Gasteiger partial charge in [-0.15, -0.1) is 0 Å². The second kappa shape index (κ2) is 5.23. The molecule has 0 rings (SSSR count). The maximum Gasteiger partial charge on any atom is 0.246 e. The van der Waals surface area contributed by atoms with Gasteiger partial charge in [0.1, 0.15) is 0 Å².